The summed E-state index contributed by atoms with van der Waals surface area (Å²) < 4.78 is 5.59. The van der Waals surface area contributed by atoms with Crippen LogP contribution in [0.25, 0.3) is 0 Å². The average Bonchev–Trinajstić information content (AvgIpc) is 2.46. The molecule has 0 heterocycles. The minimum absolute atomic E-state index is 0.0226. The Morgan fingerprint density at radius 2 is 1.65 bits per heavy atom. The topological polar surface area (TPSA) is 77.0 Å². The first-order valence-corrected chi connectivity index (χ1v) is 6.20. The molecule has 102 valence electrons. The summed E-state index contributed by atoms with van der Waals surface area (Å²) in [5.74, 6) is 0.128. The molecule has 1 unspecified atom stereocenters. The standard InChI is InChI=1S/C15H15N3O2/c16-14(19)11-15(20-13-9-5-2-6-10-13)18-17-12-7-3-1-4-8-12/h1-10,15H,11H2,(H2,16,19). The number of hydrogen-bond acceptors (Lipinski definition) is 4. The summed E-state index contributed by atoms with van der Waals surface area (Å²) in [5.41, 5.74) is 5.89. The number of nitrogens with zero attached hydrogens (tertiary/aromatic N) is 2. The van der Waals surface area contributed by atoms with Gasteiger partial charge in [0.15, 0.2) is 0 Å². The molecular formula is C15H15N3O2. The van der Waals surface area contributed by atoms with Crippen molar-refractivity contribution in [2.75, 3.05) is 0 Å². The van der Waals surface area contributed by atoms with Crippen molar-refractivity contribution in [2.45, 2.75) is 12.6 Å². The van der Waals surface area contributed by atoms with Crippen LogP contribution in [0.15, 0.2) is 70.9 Å². The van der Waals surface area contributed by atoms with Crippen LogP contribution < -0.4 is 10.5 Å². The number of ether oxygens (including phenoxy) is 1. The highest BCUT2D eigenvalue weighted by Crippen LogP contribution is 2.16. The molecule has 0 bridgehead atoms. The van der Waals surface area contributed by atoms with E-state index in [1.54, 1.807) is 12.1 Å². The second kappa shape index (κ2) is 7.04. The van der Waals surface area contributed by atoms with Crippen molar-refractivity contribution in [3.8, 4) is 5.75 Å². The molecule has 0 aliphatic carbocycles. The minimum Gasteiger partial charge on any atom is -0.467 e. The Bertz CT molecular complexity index is 570. The summed E-state index contributed by atoms with van der Waals surface area (Å²) in [7, 11) is 0. The largest absolute Gasteiger partial charge is 0.467 e. The fourth-order valence-corrected chi connectivity index (χ4v) is 1.56. The third-order valence-electron chi connectivity index (χ3n) is 2.45. The molecule has 20 heavy (non-hydrogen) atoms. The maximum Gasteiger partial charge on any atom is 0.223 e. The fourth-order valence-electron chi connectivity index (χ4n) is 1.56. The number of nitrogens with two attached hydrogens (primary N) is 1. The molecule has 0 spiro atoms. The van der Waals surface area contributed by atoms with Crippen molar-refractivity contribution in [1.82, 2.24) is 0 Å². The molecule has 0 aliphatic heterocycles. The maximum absolute atomic E-state index is 11.1. The summed E-state index contributed by atoms with van der Waals surface area (Å²) in [5, 5.41) is 8.08. The van der Waals surface area contributed by atoms with E-state index < -0.39 is 12.1 Å². The smallest absolute Gasteiger partial charge is 0.223 e. The maximum atomic E-state index is 11.1. The first-order chi connectivity index (χ1) is 9.74. The van der Waals surface area contributed by atoms with Crippen LogP contribution in [0.3, 0.4) is 0 Å². The van der Waals surface area contributed by atoms with Gasteiger partial charge in [0.05, 0.1) is 12.1 Å². The van der Waals surface area contributed by atoms with Crippen molar-refractivity contribution < 1.29 is 9.53 Å². The lowest BCUT2D eigenvalue weighted by molar-refractivity contribution is -0.119. The number of hydrogen-bond donors (Lipinski definition) is 1. The molecule has 2 N–H and O–H groups in total. The summed E-state index contributed by atoms with van der Waals surface area (Å²) in [6, 6.07) is 18.3. The van der Waals surface area contributed by atoms with E-state index in [0.29, 0.717) is 11.4 Å². The van der Waals surface area contributed by atoms with E-state index in [1.165, 1.54) is 0 Å². The number of para-hydroxylation sites is 1. The van der Waals surface area contributed by atoms with Crippen LogP contribution in [0.1, 0.15) is 6.42 Å². The van der Waals surface area contributed by atoms with E-state index >= 15 is 0 Å². The van der Waals surface area contributed by atoms with Gasteiger partial charge in [0.1, 0.15) is 5.75 Å². The number of azo groups is 1. The Labute approximate surface area is 117 Å². The summed E-state index contributed by atoms with van der Waals surface area (Å²) in [4.78, 5) is 11.1. The van der Waals surface area contributed by atoms with Crippen molar-refractivity contribution in [3.63, 3.8) is 0 Å². The molecule has 5 nitrogen and oxygen atoms in total. The number of amides is 1. The lowest BCUT2D eigenvalue weighted by Gasteiger charge is -2.12. The van der Waals surface area contributed by atoms with Crippen molar-refractivity contribution in [3.05, 3.63) is 60.7 Å². The lowest BCUT2D eigenvalue weighted by Crippen LogP contribution is -2.23. The molecule has 0 radical (unpaired) electrons. The molecule has 2 aromatic carbocycles. The number of rotatable bonds is 6. The first-order valence-electron chi connectivity index (χ1n) is 6.20. The molecule has 0 saturated heterocycles. The highest BCUT2D eigenvalue weighted by Gasteiger charge is 2.12. The molecule has 2 aromatic rings. The van der Waals surface area contributed by atoms with Crippen LogP contribution in [0.2, 0.25) is 0 Å². The van der Waals surface area contributed by atoms with Gasteiger partial charge in [-0.1, -0.05) is 36.4 Å². The Morgan fingerprint density at radius 3 is 2.25 bits per heavy atom. The van der Waals surface area contributed by atoms with E-state index in [2.05, 4.69) is 10.2 Å². The van der Waals surface area contributed by atoms with E-state index in [4.69, 9.17) is 10.5 Å². The predicted octanol–water partition coefficient (Wildman–Crippen LogP) is 3.05. The van der Waals surface area contributed by atoms with Gasteiger partial charge in [0, 0.05) is 0 Å². The fraction of sp³-hybridized carbons (Fsp3) is 0.133. The average molecular weight is 269 g/mol. The third kappa shape index (κ3) is 4.53. The Kier molecular flexibility index (Phi) is 4.83. The van der Waals surface area contributed by atoms with E-state index in [9.17, 15) is 4.79 Å². The zero-order valence-corrected chi connectivity index (χ0v) is 10.8. The summed E-state index contributed by atoms with van der Waals surface area (Å²) >= 11 is 0. The summed E-state index contributed by atoms with van der Waals surface area (Å²) in [6.07, 6.45) is -0.749. The van der Waals surface area contributed by atoms with E-state index in [-0.39, 0.29) is 6.42 Å². The Balaban J connectivity index is 2.07. The number of benzene rings is 2. The van der Waals surface area contributed by atoms with Crippen molar-refractivity contribution >= 4 is 11.6 Å². The molecule has 5 heteroatoms. The van der Waals surface area contributed by atoms with Gasteiger partial charge in [-0.05, 0) is 24.3 Å². The third-order valence-corrected chi connectivity index (χ3v) is 2.45. The second-order valence-electron chi connectivity index (χ2n) is 4.11. The summed E-state index contributed by atoms with van der Waals surface area (Å²) in [6.45, 7) is 0. The van der Waals surface area contributed by atoms with Gasteiger partial charge in [-0.25, -0.2) is 0 Å². The second-order valence-corrected chi connectivity index (χ2v) is 4.11. The molecule has 0 saturated carbocycles. The molecule has 1 atom stereocenters. The van der Waals surface area contributed by atoms with Crippen LogP contribution in [-0.4, -0.2) is 12.1 Å². The van der Waals surface area contributed by atoms with Gasteiger partial charge in [-0.15, -0.1) is 5.11 Å². The van der Waals surface area contributed by atoms with Gasteiger partial charge in [0.25, 0.3) is 0 Å². The lowest BCUT2D eigenvalue weighted by atomic mass is 10.3. The molecule has 0 fully saturated rings. The van der Waals surface area contributed by atoms with Gasteiger partial charge in [-0.3, -0.25) is 4.79 Å². The van der Waals surface area contributed by atoms with Gasteiger partial charge < -0.3 is 10.5 Å². The van der Waals surface area contributed by atoms with Gasteiger partial charge in [0.2, 0.25) is 12.1 Å². The Morgan fingerprint density at radius 1 is 1.05 bits per heavy atom. The van der Waals surface area contributed by atoms with Crippen LogP contribution in [-0.2, 0) is 4.79 Å². The van der Waals surface area contributed by atoms with Crippen LogP contribution in [0.5, 0.6) is 5.75 Å². The molecule has 1 amide bonds. The van der Waals surface area contributed by atoms with Crippen LogP contribution >= 0.6 is 0 Å². The molecule has 0 aromatic heterocycles. The van der Waals surface area contributed by atoms with Crippen LogP contribution in [0.4, 0.5) is 5.69 Å². The first kappa shape index (κ1) is 13.7. The molecule has 0 aliphatic rings. The van der Waals surface area contributed by atoms with Gasteiger partial charge in [-0.2, -0.15) is 5.11 Å². The zero-order chi connectivity index (χ0) is 14.2. The quantitative estimate of drug-likeness (QED) is 0.818. The zero-order valence-electron chi connectivity index (χ0n) is 10.8. The SMILES string of the molecule is NC(=O)CC(N=Nc1ccccc1)Oc1ccccc1. The number of primary amides is 1. The highest BCUT2D eigenvalue weighted by molar-refractivity contribution is 5.74. The number of carbonyl (C=O) groups is 1. The normalized spacial score (nSPS) is 12.2. The van der Waals surface area contributed by atoms with Crippen molar-refractivity contribution in [2.24, 2.45) is 16.0 Å². The number of carbonyl (C=O) groups excluding carboxylic acids is 1. The monoisotopic (exact) mass is 269 g/mol. The van der Waals surface area contributed by atoms with Gasteiger partial charge >= 0.3 is 0 Å². The predicted molar refractivity (Wildman–Crippen MR) is 75.6 cm³/mol. The highest BCUT2D eigenvalue weighted by atomic mass is 16.5. The van der Waals surface area contributed by atoms with E-state index in [0.717, 1.165) is 0 Å². The molecular weight excluding hydrogens is 254 g/mol. The molecule has 2 rings (SSSR count). The van der Waals surface area contributed by atoms with Crippen molar-refractivity contribution in [1.29, 1.82) is 0 Å². The minimum atomic E-state index is -0.727. The van der Waals surface area contributed by atoms with E-state index in [1.807, 2.05) is 48.5 Å². The Hall–Kier alpha value is -2.69. The van der Waals surface area contributed by atoms with Crippen LogP contribution in [0, 0.1) is 0 Å².